The first-order valence-electron chi connectivity index (χ1n) is 14.0. The molecule has 40 heavy (non-hydrogen) atoms. The largest absolute Gasteiger partial charge is 0.308 e. The molecule has 2 unspecified atom stereocenters. The molecule has 0 bridgehead atoms. The summed E-state index contributed by atoms with van der Waals surface area (Å²) in [4.78, 5) is 12.0. The second kappa shape index (κ2) is 18.5. The first-order valence-corrected chi connectivity index (χ1v) is 20.3. The van der Waals surface area contributed by atoms with E-state index in [4.69, 9.17) is 8.37 Å². The van der Waals surface area contributed by atoms with Crippen LogP contribution < -0.4 is 0 Å². The summed E-state index contributed by atoms with van der Waals surface area (Å²) in [5.74, 6) is 1.35. The van der Waals surface area contributed by atoms with Gasteiger partial charge in [-0.25, -0.2) is 9.97 Å². The monoisotopic (exact) mass is 786 g/mol. The molecule has 0 spiro atoms. The van der Waals surface area contributed by atoms with Crippen LogP contribution in [0, 0.1) is 25.7 Å². The van der Waals surface area contributed by atoms with E-state index in [1.165, 1.54) is 100 Å². The van der Waals surface area contributed by atoms with Gasteiger partial charge in [0.05, 0.1) is 59.8 Å². The molecule has 0 aliphatic carbocycles. The molecule has 12 heteroatoms. The second-order valence-electron chi connectivity index (χ2n) is 9.75. The van der Waals surface area contributed by atoms with Crippen molar-refractivity contribution in [3.8, 4) is 0 Å². The quantitative estimate of drug-likeness (QED) is 0.105. The molecule has 4 aromatic rings. The van der Waals surface area contributed by atoms with Crippen molar-refractivity contribution >= 4 is 122 Å². The summed E-state index contributed by atoms with van der Waals surface area (Å²) < 4.78 is 18.4. The van der Waals surface area contributed by atoms with Crippen molar-refractivity contribution in [2.45, 2.75) is 102 Å². The van der Waals surface area contributed by atoms with Gasteiger partial charge in [-0.15, -0.1) is 45.3 Å². The summed E-state index contributed by atoms with van der Waals surface area (Å²) in [5, 5.41) is 0. The topological polar surface area (TPSA) is 44.2 Å². The fraction of sp³-hybridized carbons (Fsp3) is 0.643. The Morgan fingerprint density at radius 2 is 1.20 bits per heavy atom. The van der Waals surface area contributed by atoms with Crippen LogP contribution in [0.15, 0.2) is 16.3 Å². The molecule has 0 radical (unpaired) electrons. The average molecular weight is 789 g/mol. The molecule has 0 N–H and O–H groups in total. The van der Waals surface area contributed by atoms with Gasteiger partial charge >= 0.3 is 0 Å². The lowest BCUT2D eigenvalue weighted by Gasteiger charge is -2.12. The zero-order chi connectivity index (χ0) is 29.1. The van der Waals surface area contributed by atoms with E-state index in [1.807, 2.05) is 11.3 Å². The van der Waals surface area contributed by atoms with Crippen LogP contribution in [0.5, 0.6) is 0 Å². The molecule has 4 nitrogen and oxygen atoms in total. The number of aryl methyl sites for hydroxylation is 2. The van der Waals surface area contributed by atoms with E-state index in [2.05, 4.69) is 83.4 Å². The highest BCUT2D eigenvalue weighted by Crippen LogP contribution is 2.44. The van der Waals surface area contributed by atoms with Crippen LogP contribution in [0.2, 0.25) is 0 Å². The molecule has 0 saturated carbocycles. The van der Waals surface area contributed by atoms with Gasteiger partial charge in [0, 0.05) is 9.75 Å². The highest BCUT2D eigenvalue weighted by atomic mass is 79.9. The molecule has 4 rings (SSSR count). The molecule has 0 fully saturated rings. The van der Waals surface area contributed by atoms with Gasteiger partial charge in [-0.05, 0) is 70.4 Å². The second-order valence-corrected chi connectivity index (χ2v) is 18.9. The molecule has 2 atom stereocenters. The Balaban J connectivity index is 0.000000220. The number of fused-ring (bicyclic) bond motifs is 2. The van der Waals surface area contributed by atoms with E-state index >= 15 is 0 Å². The molecule has 4 aromatic heterocycles. The van der Waals surface area contributed by atoms with Crippen molar-refractivity contribution in [2.75, 3.05) is 13.2 Å². The zero-order valence-electron chi connectivity index (χ0n) is 24.1. The third-order valence-corrected chi connectivity index (χ3v) is 14.4. The summed E-state index contributed by atoms with van der Waals surface area (Å²) in [7, 11) is 0. The Hall–Kier alpha value is 0.760. The van der Waals surface area contributed by atoms with E-state index in [0.717, 1.165) is 35.0 Å². The smallest absolute Gasteiger partial charge is 0.178 e. The van der Waals surface area contributed by atoms with Crippen molar-refractivity contribution in [1.82, 2.24) is 9.97 Å². The summed E-state index contributed by atoms with van der Waals surface area (Å²) in [6.07, 6.45) is 10.0. The van der Waals surface area contributed by atoms with Gasteiger partial charge in [-0.3, -0.25) is 0 Å². The Bertz CT molecular complexity index is 1130. The summed E-state index contributed by atoms with van der Waals surface area (Å²) >= 11 is 16.9. The maximum Gasteiger partial charge on any atom is 0.178 e. The van der Waals surface area contributed by atoms with Gasteiger partial charge < -0.3 is 8.37 Å². The summed E-state index contributed by atoms with van der Waals surface area (Å²) in [5.41, 5.74) is 2.21. The Labute approximate surface area is 281 Å². The first-order chi connectivity index (χ1) is 19.3. The standard InChI is InChI=1S/C15H23NOS3.C13H17Br2NOS3/c1-5-7-8-12(6-2)9-17-20-15-16-13-10(3)18-11(4)14(13)19-15;1-3-5-6-8(4-2)7-17-20-13-16-9-10(18-13)12(15)19-11(9)14/h12H,5-9H2,1-4H3;8H,3-7H2,1-2H3. The van der Waals surface area contributed by atoms with E-state index in [1.54, 1.807) is 34.0 Å². The number of nitrogens with zero attached hydrogens (tertiary/aromatic N) is 2. The Morgan fingerprint density at radius 1 is 0.675 bits per heavy atom. The van der Waals surface area contributed by atoms with Gasteiger partial charge in [0.15, 0.2) is 8.68 Å². The van der Waals surface area contributed by atoms with E-state index in [9.17, 15) is 0 Å². The van der Waals surface area contributed by atoms with Crippen LogP contribution >= 0.6 is 101 Å². The average Bonchev–Trinajstić information content (AvgIpc) is 3.68. The van der Waals surface area contributed by atoms with Crippen LogP contribution in [-0.2, 0) is 8.37 Å². The fourth-order valence-corrected chi connectivity index (χ4v) is 12.1. The Morgan fingerprint density at radius 3 is 1.68 bits per heavy atom. The lowest BCUT2D eigenvalue weighted by atomic mass is 10.0. The summed E-state index contributed by atoms with van der Waals surface area (Å²) in [6, 6.07) is 0. The molecule has 0 saturated heterocycles. The molecular formula is C28H40Br2N2O2S6. The fourth-order valence-electron chi connectivity index (χ4n) is 4.07. The number of unbranched alkanes of at least 4 members (excludes halogenated alkanes) is 2. The highest BCUT2D eigenvalue weighted by molar-refractivity contribution is 9.12. The lowest BCUT2D eigenvalue weighted by Crippen LogP contribution is -2.05. The van der Waals surface area contributed by atoms with E-state index in [-0.39, 0.29) is 0 Å². The molecular weight excluding hydrogens is 749 g/mol. The Kier molecular flexibility index (Phi) is 16.3. The van der Waals surface area contributed by atoms with Crippen molar-refractivity contribution in [1.29, 1.82) is 0 Å². The van der Waals surface area contributed by atoms with Gasteiger partial charge in [0.2, 0.25) is 0 Å². The van der Waals surface area contributed by atoms with Crippen LogP contribution in [0.25, 0.3) is 20.4 Å². The zero-order valence-corrected chi connectivity index (χ0v) is 32.2. The molecule has 4 heterocycles. The van der Waals surface area contributed by atoms with Crippen LogP contribution in [-0.4, -0.2) is 23.2 Å². The minimum absolute atomic E-state index is 0.668. The number of aromatic nitrogens is 2. The SMILES string of the molecule is CCCCC(CC)COSc1nc2c(Br)sc(Br)c2s1.CCCCC(CC)COSc1nc2c(C)sc(C)c2s1. The van der Waals surface area contributed by atoms with Gasteiger partial charge in [-0.1, -0.05) is 66.2 Å². The number of rotatable bonds is 16. The first kappa shape index (κ1) is 35.2. The maximum atomic E-state index is 5.82. The van der Waals surface area contributed by atoms with Crippen LogP contribution in [0.1, 0.15) is 88.8 Å². The predicted molar refractivity (Wildman–Crippen MR) is 190 cm³/mol. The number of hydrogen-bond donors (Lipinski definition) is 0. The minimum Gasteiger partial charge on any atom is -0.308 e. The third kappa shape index (κ3) is 10.4. The van der Waals surface area contributed by atoms with Gasteiger partial charge in [0.1, 0.15) is 5.52 Å². The molecule has 0 aromatic carbocycles. The van der Waals surface area contributed by atoms with Crippen molar-refractivity contribution < 1.29 is 8.37 Å². The van der Waals surface area contributed by atoms with Crippen molar-refractivity contribution in [3.63, 3.8) is 0 Å². The van der Waals surface area contributed by atoms with Crippen molar-refractivity contribution in [2.24, 2.45) is 11.8 Å². The minimum atomic E-state index is 0.668. The van der Waals surface area contributed by atoms with Crippen LogP contribution in [0.3, 0.4) is 0 Å². The lowest BCUT2D eigenvalue weighted by molar-refractivity contribution is 0.266. The molecule has 224 valence electrons. The van der Waals surface area contributed by atoms with Crippen molar-refractivity contribution in [3.05, 3.63) is 17.3 Å². The number of thiazole rings is 2. The number of thiophene rings is 2. The number of halogens is 2. The molecule has 0 aliphatic heterocycles. The molecule has 0 aliphatic rings. The predicted octanol–water partition coefficient (Wildman–Crippen LogP) is 13.3. The van der Waals surface area contributed by atoms with Gasteiger partial charge in [-0.2, -0.15) is 0 Å². The molecule has 0 amide bonds. The summed E-state index contributed by atoms with van der Waals surface area (Å²) in [6.45, 7) is 14.9. The van der Waals surface area contributed by atoms with Crippen LogP contribution in [0.4, 0.5) is 0 Å². The van der Waals surface area contributed by atoms with E-state index < -0.39 is 0 Å². The normalized spacial score (nSPS) is 13.2. The number of hydrogen-bond acceptors (Lipinski definition) is 10. The van der Waals surface area contributed by atoms with E-state index in [0.29, 0.717) is 11.8 Å². The van der Waals surface area contributed by atoms with Gasteiger partial charge in [0.25, 0.3) is 0 Å². The maximum absolute atomic E-state index is 5.82. The third-order valence-electron chi connectivity index (χ3n) is 6.67. The highest BCUT2D eigenvalue weighted by Gasteiger charge is 2.16.